The fraction of sp³-hybridized carbons (Fsp3) is 0. The molecule has 1 aromatic carbocycles. The van der Waals surface area contributed by atoms with Crippen LogP contribution in [0.15, 0.2) is 24.3 Å². The maximum absolute atomic E-state index is 10.2. The molecule has 0 spiro atoms. The average Bonchev–Trinajstić information content (AvgIpc) is 1.88. The molecule has 0 amide bonds. The minimum absolute atomic E-state index is 0. The summed E-state index contributed by atoms with van der Waals surface area (Å²) in [5.41, 5.74) is 0.160. The second-order valence-electron chi connectivity index (χ2n) is 1.93. The quantitative estimate of drug-likeness (QED) is 0.288. The van der Waals surface area contributed by atoms with E-state index in [1.807, 2.05) is 6.07 Å². The molecule has 1 unspecified atom stereocenters. The van der Waals surface area contributed by atoms with E-state index in [0.29, 0.717) is 0 Å². The minimum atomic E-state index is -0.391. The van der Waals surface area contributed by atoms with E-state index in [-0.39, 0.29) is 18.1 Å². The molecule has 5 heteroatoms. The predicted octanol–water partition coefficient (Wildman–Crippen LogP) is -2.17. The molecule has 0 aliphatic rings. The molecule has 0 aliphatic heterocycles. The molecule has 0 aliphatic carbocycles. The van der Waals surface area contributed by atoms with Crippen LogP contribution in [-0.2, 0) is 0 Å². The van der Waals surface area contributed by atoms with Crippen molar-refractivity contribution in [1.29, 1.82) is 0 Å². The Hall–Kier alpha value is -0.660. The summed E-state index contributed by atoms with van der Waals surface area (Å²) in [5, 5.41) is 11.1. The van der Waals surface area contributed by atoms with Gasteiger partial charge in [-0.15, -0.1) is 0 Å². The number of non-ortho nitro benzene ring substituents is 1. The average molecular weight is 192 g/mol. The lowest BCUT2D eigenvalue weighted by molar-refractivity contribution is -0.384. The van der Waals surface area contributed by atoms with E-state index in [4.69, 9.17) is 0 Å². The van der Waals surface area contributed by atoms with Gasteiger partial charge in [0.15, 0.2) is 0 Å². The lowest BCUT2D eigenvalue weighted by Gasteiger charge is -1.87. The first-order valence-corrected chi connectivity index (χ1v) is 3.47. The zero-order valence-electron chi connectivity index (χ0n) is 5.66. The maximum Gasteiger partial charge on any atom is 0.273 e. The number of nitrogens with zero attached hydrogens (tertiary/aromatic N) is 1. The van der Waals surface area contributed by atoms with E-state index >= 15 is 0 Å². The van der Waals surface area contributed by atoms with Crippen LogP contribution in [-0.4, -0.2) is 4.92 Å². The van der Waals surface area contributed by atoms with Crippen molar-refractivity contribution in [3.05, 3.63) is 34.4 Å². The number of nitro benzene ring substituents is 1. The number of hydrogen-bond donors (Lipinski definition) is 0. The van der Waals surface area contributed by atoms with Crippen LogP contribution >= 0.6 is 9.24 Å². The van der Waals surface area contributed by atoms with Gasteiger partial charge in [0.05, 0.1) is 16.3 Å². The Balaban J connectivity index is 0.000001000. The highest BCUT2D eigenvalue weighted by Crippen LogP contribution is 2.07. The molecule has 0 saturated carbocycles. The van der Waals surface area contributed by atoms with Crippen molar-refractivity contribution in [3.63, 3.8) is 0 Å². The van der Waals surface area contributed by atoms with Crippen molar-refractivity contribution in [1.82, 2.24) is 0 Å². The molecule has 0 radical (unpaired) electrons. The molecular weight excluding hydrogens is 184 g/mol. The number of hydrogen-bond acceptors (Lipinski definition) is 2. The van der Waals surface area contributed by atoms with Crippen LogP contribution in [0.25, 0.3) is 0 Å². The minimum Gasteiger partial charge on any atom is -1.00 e. The van der Waals surface area contributed by atoms with Crippen LogP contribution in [0.4, 0.5) is 5.69 Å². The molecular formula is C6H7ClNO2P. The van der Waals surface area contributed by atoms with Crippen LogP contribution < -0.4 is 17.7 Å². The number of rotatable bonds is 1. The van der Waals surface area contributed by atoms with Gasteiger partial charge in [0, 0.05) is 15.3 Å². The Bertz CT molecular complexity index is 267. The third kappa shape index (κ3) is 2.83. The van der Waals surface area contributed by atoms with Gasteiger partial charge in [-0.25, -0.2) is 0 Å². The third-order valence-electron chi connectivity index (χ3n) is 1.12. The molecule has 11 heavy (non-hydrogen) atoms. The number of nitro groups is 1. The molecule has 0 aromatic heterocycles. The fourth-order valence-electron chi connectivity index (χ4n) is 0.670. The molecule has 0 saturated heterocycles. The monoisotopic (exact) mass is 191 g/mol. The summed E-state index contributed by atoms with van der Waals surface area (Å²) < 4.78 is 0. The van der Waals surface area contributed by atoms with Crippen molar-refractivity contribution in [2.75, 3.05) is 0 Å². The number of benzene rings is 1. The normalized spacial score (nSPS) is 8.73. The Kier molecular flexibility index (Phi) is 4.01. The van der Waals surface area contributed by atoms with E-state index in [1.165, 1.54) is 6.07 Å². The molecule has 0 fully saturated rings. The van der Waals surface area contributed by atoms with Crippen molar-refractivity contribution in [3.8, 4) is 0 Å². The molecule has 1 atom stereocenters. The smallest absolute Gasteiger partial charge is 0.273 e. The predicted molar refractivity (Wildman–Crippen MR) is 43.8 cm³/mol. The van der Waals surface area contributed by atoms with Crippen LogP contribution in [0.1, 0.15) is 0 Å². The Morgan fingerprint density at radius 2 is 2.09 bits per heavy atom. The van der Waals surface area contributed by atoms with Gasteiger partial charge in [-0.3, -0.25) is 10.1 Å². The van der Waals surface area contributed by atoms with Gasteiger partial charge in [0.25, 0.3) is 5.69 Å². The summed E-state index contributed by atoms with van der Waals surface area (Å²) in [5.74, 6) is 0. The maximum atomic E-state index is 10.2. The summed E-state index contributed by atoms with van der Waals surface area (Å²) in [4.78, 5) is 9.77. The molecule has 60 valence electrons. The van der Waals surface area contributed by atoms with Gasteiger partial charge < -0.3 is 12.4 Å². The van der Waals surface area contributed by atoms with Gasteiger partial charge in [0.1, 0.15) is 0 Å². The van der Waals surface area contributed by atoms with Crippen molar-refractivity contribution < 1.29 is 17.3 Å². The highest BCUT2D eigenvalue weighted by atomic mass is 35.5. The summed E-state index contributed by atoms with van der Waals surface area (Å²) in [7, 11) is 1.63. The second kappa shape index (κ2) is 4.27. The summed E-state index contributed by atoms with van der Waals surface area (Å²) in [6.07, 6.45) is 0. The molecule has 0 bridgehead atoms. The van der Waals surface area contributed by atoms with E-state index in [0.717, 1.165) is 5.30 Å². The van der Waals surface area contributed by atoms with Gasteiger partial charge in [-0.05, 0) is 6.07 Å². The molecule has 0 N–H and O–H groups in total. The van der Waals surface area contributed by atoms with E-state index < -0.39 is 4.92 Å². The highest BCUT2D eigenvalue weighted by molar-refractivity contribution is 7.27. The molecule has 1 rings (SSSR count). The van der Waals surface area contributed by atoms with Gasteiger partial charge in [-0.2, -0.15) is 0 Å². The van der Waals surface area contributed by atoms with E-state index in [1.54, 1.807) is 21.4 Å². The topological polar surface area (TPSA) is 43.1 Å². The zero-order valence-corrected chi connectivity index (χ0v) is 7.83. The van der Waals surface area contributed by atoms with Crippen molar-refractivity contribution in [2.24, 2.45) is 0 Å². The lowest BCUT2D eigenvalue weighted by atomic mass is 10.3. The van der Waals surface area contributed by atoms with Crippen LogP contribution in [0.5, 0.6) is 0 Å². The van der Waals surface area contributed by atoms with Crippen LogP contribution in [0.3, 0.4) is 0 Å². The highest BCUT2D eigenvalue weighted by Gasteiger charge is 2.03. The van der Waals surface area contributed by atoms with Gasteiger partial charge in [-0.1, -0.05) is 6.07 Å². The van der Waals surface area contributed by atoms with Crippen molar-refractivity contribution in [2.45, 2.75) is 0 Å². The number of halogens is 1. The van der Waals surface area contributed by atoms with Crippen molar-refractivity contribution >= 4 is 20.2 Å². The first-order valence-electron chi connectivity index (χ1n) is 2.76. The van der Waals surface area contributed by atoms with Gasteiger partial charge in [0.2, 0.25) is 0 Å². The Labute approximate surface area is 72.6 Å². The molecule has 3 nitrogen and oxygen atoms in total. The Morgan fingerprint density at radius 1 is 1.45 bits per heavy atom. The Morgan fingerprint density at radius 3 is 2.45 bits per heavy atom. The van der Waals surface area contributed by atoms with Crippen LogP contribution in [0, 0.1) is 10.1 Å². The van der Waals surface area contributed by atoms with Gasteiger partial charge >= 0.3 is 0 Å². The third-order valence-corrected chi connectivity index (χ3v) is 1.56. The molecule has 1 aromatic rings. The SMILES string of the molecule is O=[N+]([O-])c1cccc([PH3+])c1.[Cl-]. The summed E-state index contributed by atoms with van der Waals surface area (Å²) in [6.45, 7) is 0. The van der Waals surface area contributed by atoms with E-state index in [2.05, 4.69) is 0 Å². The summed E-state index contributed by atoms with van der Waals surface area (Å²) >= 11 is 0. The standard InChI is InChI=1S/C6H6NO2P.ClH/c8-7(9)5-2-1-3-6(10)4-5;/h1-4H,10H2;1H. The molecule has 0 heterocycles. The zero-order chi connectivity index (χ0) is 7.56. The lowest BCUT2D eigenvalue weighted by Crippen LogP contribution is -3.00. The largest absolute Gasteiger partial charge is 1.00 e. The second-order valence-corrected chi connectivity index (χ2v) is 2.74. The van der Waals surface area contributed by atoms with Crippen LogP contribution in [0.2, 0.25) is 0 Å². The first kappa shape index (κ1) is 10.3. The summed E-state index contributed by atoms with van der Waals surface area (Å²) in [6, 6.07) is 6.56. The first-order chi connectivity index (χ1) is 4.70. The van der Waals surface area contributed by atoms with E-state index in [9.17, 15) is 10.1 Å². The fourth-order valence-corrected chi connectivity index (χ4v) is 1.02.